The van der Waals surface area contributed by atoms with Crippen LogP contribution in [-0.4, -0.2) is 84.2 Å². The van der Waals surface area contributed by atoms with Crippen LogP contribution in [0, 0.1) is 0 Å². The predicted molar refractivity (Wildman–Crippen MR) is 116 cm³/mol. The second kappa shape index (κ2) is 10.4. The molecule has 0 spiro atoms. The highest BCUT2D eigenvalue weighted by molar-refractivity contribution is 5.87. The van der Waals surface area contributed by atoms with Gasteiger partial charge < -0.3 is 25.0 Å². The average molecular weight is 417 g/mol. The quantitative estimate of drug-likeness (QED) is 0.546. The number of aliphatic carboxylic acids is 1. The van der Waals surface area contributed by atoms with Crippen molar-refractivity contribution in [2.75, 3.05) is 46.4 Å². The number of carbonyl (C=O) groups is 2. The monoisotopic (exact) mass is 416 g/mol. The highest BCUT2D eigenvalue weighted by Crippen LogP contribution is 2.25. The van der Waals surface area contributed by atoms with Gasteiger partial charge in [-0.15, -0.1) is 0 Å². The first-order valence-corrected chi connectivity index (χ1v) is 10.6. The van der Waals surface area contributed by atoms with Gasteiger partial charge in [-0.2, -0.15) is 0 Å². The fraction of sp³-hybridized carbons (Fsp3) is 0.545. The molecule has 0 aliphatic carbocycles. The van der Waals surface area contributed by atoms with E-state index in [4.69, 9.17) is 4.74 Å². The Kier molecular flexibility index (Phi) is 7.70. The first-order valence-electron chi connectivity index (χ1n) is 10.6. The van der Waals surface area contributed by atoms with E-state index in [1.165, 1.54) is 0 Å². The maximum Gasteiger partial charge on any atom is 0.326 e. The largest absolute Gasteiger partial charge is 0.492 e. The van der Waals surface area contributed by atoms with E-state index in [0.717, 1.165) is 54.9 Å². The molecular weight excluding hydrogens is 384 g/mol. The normalized spacial score (nSPS) is 16.5. The Labute approximate surface area is 177 Å². The van der Waals surface area contributed by atoms with E-state index in [0.29, 0.717) is 19.4 Å². The number of carboxylic acid groups (broad SMARTS) is 1. The summed E-state index contributed by atoms with van der Waals surface area (Å²) >= 11 is 0. The standard InChI is InChI=1S/C22H32N4O4/c1-3-4-21(27)24-20(22(28)29)13-16-15-23-19-6-5-17(14-18(16)19)30-12-11-26-9-7-25(2)8-10-26/h5-6,14-15,20,23H,3-4,7-13H2,1-2H3,(H,24,27)(H,28,29)/t20-/m0/s1. The third-order valence-corrected chi connectivity index (χ3v) is 5.55. The molecule has 1 aliphatic rings. The average Bonchev–Trinajstić information content (AvgIpc) is 3.11. The highest BCUT2D eigenvalue weighted by atomic mass is 16.5. The minimum Gasteiger partial charge on any atom is -0.492 e. The molecule has 3 rings (SSSR count). The van der Waals surface area contributed by atoms with Crippen LogP contribution in [0.4, 0.5) is 0 Å². The van der Waals surface area contributed by atoms with Crippen molar-refractivity contribution in [1.29, 1.82) is 0 Å². The summed E-state index contributed by atoms with van der Waals surface area (Å²) in [5.41, 5.74) is 1.76. The number of hydrogen-bond acceptors (Lipinski definition) is 5. The van der Waals surface area contributed by atoms with Crippen LogP contribution in [0.25, 0.3) is 10.9 Å². The van der Waals surface area contributed by atoms with Crippen LogP contribution in [0.2, 0.25) is 0 Å². The maximum atomic E-state index is 11.9. The van der Waals surface area contributed by atoms with Crippen molar-refractivity contribution >= 4 is 22.8 Å². The fourth-order valence-corrected chi connectivity index (χ4v) is 3.69. The van der Waals surface area contributed by atoms with Gasteiger partial charge in [0.15, 0.2) is 0 Å². The Morgan fingerprint density at radius 2 is 2.03 bits per heavy atom. The predicted octanol–water partition coefficient (Wildman–Crippen LogP) is 1.71. The fourth-order valence-electron chi connectivity index (χ4n) is 3.69. The minimum atomic E-state index is -1.03. The van der Waals surface area contributed by atoms with Crippen LogP contribution < -0.4 is 10.1 Å². The molecule has 1 amide bonds. The molecule has 1 aromatic heterocycles. The van der Waals surface area contributed by atoms with Gasteiger partial charge in [-0.3, -0.25) is 9.69 Å². The zero-order chi connectivity index (χ0) is 21.5. The Hall–Kier alpha value is -2.58. The molecule has 164 valence electrons. The molecule has 8 heteroatoms. The van der Waals surface area contributed by atoms with Crippen molar-refractivity contribution in [2.24, 2.45) is 0 Å². The van der Waals surface area contributed by atoms with Crippen LogP contribution in [0.15, 0.2) is 24.4 Å². The Bertz CT molecular complexity index is 858. The topological polar surface area (TPSA) is 97.9 Å². The number of H-pyrrole nitrogens is 1. The number of carbonyl (C=O) groups excluding carboxylic acids is 1. The van der Waals surface area contributed by atoms with Gasteiger partial charge in [0.2, 0.25) is 5.91 Å². The molecular formula is C22H32N4O4. The van der Waals surface area contributed by atoms with Crippen molar-refractivity contribution in [3.05, 3.63) is 30.0 Å². The smallest absolute Gasteiger partial charge is 0.326 e. The van der Waals surface area contributed by atoms with Gasteiger partial charge in [0.25, 0.3) is 0 Å². The van der Waals surface area contributed by atoms with E-state index in [1.54, 1.807) is 6.20 Å². The van der Waals surface area contributed by atoms with E-state index >= 15 is 0 Å². The van der Waals surface area contributed by atoms with Gasteiger partial charge in [-0.1, -0.05) is 6.92 Å². The number of hydrogen-bond donors (Lipinski definition) is 3. The summed E-state index contributed by atoms with van der Waals surface area (Å²) in [4.78, 5) is 31.4. The third-order valence-electron chi connectivity index (χ3n) is 5.55. The van der Waals surface area contributed by atoms with Crippen molar-refractivity contribution in [3.8, 4) is 5.75 Å². The van der Waals surface area contributed by atoms with Crippen LogP contribution in [0.3, 0.4) is 0 Å². The number of nitrogens with one attached hydrogen (secondary N) is 2. The molecule has 3 N–H and O–H groups in total. The lowest BCUT2D eigenvalue weighted by Gasteiger charge is -2.32. The van der Waals surface area contributed by atoms with Crippen molar-refractivity contribution in [2.45, 2.75) is 32.2 Å². The summed E-state index contributed by atoms with van der Waals surface area (Å²) < 4.78 is 5.96. The first kappa shape index (κ1) is 22.1. The second-order valence-electron chi connectivity index (χ2n) is 7.93. The number of aromatic amines is 1. The molecule has 2 aromatic rings. The van der Waals surface area contributed by atoms with Gasteiger partial charge in [0, 0.05) is 62.7 Å². The molecule has 0 saturated carbocycles. The number of ether oxygens (including phenoxy) is 1. The van der Waals surface area contributed by atoms with E-state index in [2.05, 4.69) is 27.1 Å². The molecule has 1 atom stereocenters. The Morgan fingerprint density at radius 1 is 1.27 bits per heavy atom. The molecule has 8 nitrogen and oxygen atoms in total. The summed E-state index contributed by atoms with van der Waals surface area (Å²) in [5, 5.41) is 13.1. The maximum absolute atomic E-state index is 11.9. The molecule has 0 radical (unpaired) electrons. The number of benzene rings is 1. The number of likely N-dealkylation sites (N-methyl/N-ethyl adjacent to an activating group) is 1. The van der Waals surface area contributed by atoms with Gasteiger partial charge in [-0.25, -0.2) is 4.79 Å². The van der Waals surface area contributed by atoms with Gasteiger partial charge in [0.1, 0.15) is 18.4 Å². The van der Waals surface area contributed by atoms with Crippen LogP contribution in [0.1, 0.15) is 25.3 Å². The summed E-state index contributed by atoms with van der Waals surface area (Å²) in [6, 6.07) is 4.85. The zero-order valence-corrected chi connectivity index (χ0v) is 17.8. The number of carboxylic acids is 1. The van der Waals surface area contributed by atoms with E-state index in [9.17, 15) is 14.7 Å². The molecule has 1 aromatic carbocycles. The number of aromatic nitrogens is 1. The molecule has 0 unspecified atom stereocenters. The number of fused-ring (bicyclic) bond motifs is 1. The lowest BCUT2D eigenvalue weighted by molar-refractivity contribution is -0.141. The molecule has 1 saturated heterocycles. The van der Waals surface area contributed by atoms with Crippen LogP contribution in [-0.2, 0) is 16.0 Å². The molecule has 30 heavy (non-hydrogen) atoms. The van der Waals surface area contributed by atoms with Crippen molar-refractivity contribution < 1.29 is 19.4 Å². The first-order chi connectivity index (χ1) is 14.5. The molecule has 0 bridgehead atoms. The minimum absolute atomic E-state index is 0.218. The van der Waals surface area contributed by atoms with Crippen LogP contribution >= 0.6 is 0 Å². The molecule has 2 heterocycles. The number of amides is 1. The Morgan fingerprint density at radius 3 is 2.73 bits per heavy atom. The van der Waals surface area contributed by atoms with Gasteiger partial charge in [-0.05, 0) is 37.2 Å². The Balaban J connectivity index is 1.62. The summed E-state index contributed by atoms with van der Waals surface area (Å²) in [6.45, 7) is 7.66. The third kappa shape index (κ3) is 5.96. The van der Waals surface area contributed by atoms with Crippen molar-refractivity contribution in [3.63, 3.8) is 0 Å². The zero-order valence-electron chi connectivity index (χ0n) is 17.8. The lowest BCUT2D eigenvalue weighted by atomic mass is 10.0. The molecule has 1 fully saturated rings. The van der Waals surface area contributed by atoms with Gasteiger partial charge >= 0.3 is 5.97 Å². The lowest BCUT2D eigenvalue weighted by Crippen LogP contribution is -2.45. The summed E-state index contributed by atoms with van der Waals surface area (Å²) in [6.07, 6.45) is 3.03. The van der Waals surface area contributed by atoms with Gasteiger partial charge in [0.05, 0.1) is 0 Å². The van der Waals surface area contributed by atoms with Crippen molar-refractivity contribution in [1.82, 2.24) is 20.1 Å². The SMILES string of the molecule is CCCC(=O)N[C@@H](Cc1c[nH]c2ccc(OCCN3CCN(C)CC3)cc12)C(=O)O. The van der Waals surface area contributed by atoms with E-state index < -0.39 is 12.0 Å². The molecule has 1 aliphatic heterocycles. The van der Waals surface area contributed by atoms with E-state index in [1.807, 2.05) is 25.1 Å². The highest BCUT2D eigenvalue weighted by Gasteiger charge is 2.22. The second-order valence-corrected chi connectivity index (χ2v) is 7.93. The number of rotatable bonds is 10. The summed E-state index contributed by atoms with van der Waals surface area (Å²) in [7, 11) is 2.14. The number of nitrogens with zero attached hydrogens (tertiary/aromatic N) is 2. The van der Waals surface area contributed by atoms with Crippen LogP contribution in [0.5, 0.6) is 5.75 Å². The van der Waals surface area contributed by atoms with E-state index in [-0.39, 0.29) is 12.3 Å². The number of piperazine rings is 1. The summed E-state index contributed by atoms with van der Waals surface area (Å²) in [5.74, 6) is -0.509.